The average molecular weight is 247 g/mol. The lowest BCUT2D eigenvalue weighted by Crippen LogP contribution is -2.32. The maximum atomic E-state index is 11.3. The molecule has 0 radical (unpaired) electrons. The maximum Gasteiger partial charge on any atom is 0.236 e. The van der Waals surface area contributed by atoms with Gasteiger partial charge in [-0.3, -0.25) is 4.79 Å². The number of nitrogens with zero attached hydrogens (tertiary/aromatic N) is 2. The molecule has 0 atom stereocenters. The van der Waals surface area contributed by atoms with Crippen LogP contribution in [0.5, 0.6) is 5.75 Å². The summed E-state index contributed by atoms with van der Waals surface area (Å²) in [6.45, 7) is 0.819. The lowest BCUT2D eigenvalue weighted by molar-refractivity contribution is -0.127. The van der Waals surface area contributed by atoms with Gasteiger partial charge in [-0.25, -0.2) is 0 Å². The zero-order chi connectivity index (χ0) is 13.5. The monoisotopic (exact) mass is 247 g/mol. The van der Waals surface area contributed by atoms with Crippen LogP contribution in [0.2, 0.25) is 0 Å². The minimum absolute atomic E-state index is 0.0176. The number of nitriles is 1. The molecule has 0 aliphatic carbocycles. The van der Waals surface area contributed by atoms with Gasteiger partial charge in [0.1, 0.15) is 11.8 Å². The molecule has 0 heterocycles. The Balaban J connectivity index is 2.59. The minimum atomic E-state index is 0.0176. The van der Waals surface area contributed by atoms with Gasteiger partial charge in [-0.05, 0) is 17.7 Å². The van der Waals surface area contributed by atoms with Crippen molar-refractivity contribution >= 4 is 5.91 Å². The number of carbonyl (C=O) groups is 1. The predicted molar refractivity (Wildman–Crippen MR) is 68.1 cm³/mol. The first-order valence-electron chi connectivity index (χ1n) is 5.56. The number of carbonyl (C=O) groups excluding carboxylic acids is 1. The largest absolute Gasteiger partial charge is 0.495 e. The topological polar surface area (TPSA) is 65.4 Å². The Labute approximate surface area is 107 Å². The molecule has 96 valence electrons. The van der Waals surface area contributed by atoms with Crippen molar-refractivity contribution < 1.29 is 9.53 Å². The van der Waals surface area contributed by atoms with Gasteiger partial charge in [0.05, 0.1) is 19.2 Å². The molecule has 0 aliphatic heterocycles. The summed E-state index contributed by atoms with van der Waals surface area (Å²) in [4.78, 5) is 12.9. The average Bonchev–Trinajstić information content (AvgIpc) is 2.38. The number of methoxy groups -OCH3 is 1. The number of likely N-dealkylation sites (N-methyl/N-ethyl adjacent to an activating group) is 1. The summed E-state index contributed by atoms with van der Waals surface area (Å²) in [5, 5.41) is 12.0. The van der Waals surface area contributed by atoms with Crippen molar-refractivity contribution in [2.75, 3.05) is 27.7 Å². The van der Waals surface area contributed by atoms with E-state index in [0.29, 0.717) is 17.9 Å². The summed E-state index contributed by atoms with van der Waals surface area (Å²) in [5.41, 5.74) is 1.44. The molecule has 0 bridgehead atoms. The van der Waals surface area contributed by atoms with E-state index in [1.165, 1.54) is 12.0 Å². The highest BCUT2D eigenvalue weighted by Gasteiger charge is 2.05. The molecule has 1 amide bonds. The molecule has 1 rings (SSSR count). The summed E-state index contributed by atoms with van der Waals surface area (Å²) in [7, 11) is 4.96. The first kappa shape index (κ1) is 14.0. The highest BCUT2D eigenvalue weighted by atomic mass is 16.5. The van der Waals surface area contributed by atoms with E-state index in [1.54, 1.807) is 26.2 Å². The lowest BCUT2D eigenvalue weighted by Gasteiger charge is -2.11. The Morgan fingerprint density at radius 3 is 2.78 bits per heavy atom. The Hall–Kier alpha value is -2.06. The number of benzene rings is 1. The summed E-state index contributed by atoms with van der Waals surface area (Å²) in [5.74, 6) is 0.578. The summed E-state index contributed by atoms with van der Waals surface area (Å²) in [6.07, 6.45) is 0. The van der Waals surface area contributed by atoms with Gasteiger partial charge in [-0.2, -0.15) is 5.26 Å². The molecule has 1 aromatic rings. The van der Waals surface area contributed by atoms with Crippen LogP contribution in [0.1, 0.15) is 11.1 Å². The van der Waals surface area contributed by atoms with Gasteiger partial charge in [0.2, 0.25) is 5.91 Å². The molecule has 0 aromatic heterocycles. The summed E-state index contributed by atoms with van der Waals surface area (Å²) < 4.78 is 5.06. The molecule has 0 saturated carbocycles. The Morgan fingerprint density at radius 2 is 2.22 bits per heavy atom. The van der Waals surface area contributed by atoms with Crippen molar-refractivity contribution in [3.05, 3.63) is 29.3 Å². The molecule has 1 aromatic carbocycles. The number of rotatable bonds is 5. The van der Waals surface area contributed by atoms with Crippen molar-refractivity contribution in [3.8, 4) is 11.8 Å². The molecule has 0 unspecified atom stereocenters. The Bertz CT molecular complexity index is 464. The molecule has 0 aliphatic rings. The quantitative estimate of drug-likeness (QED) is 0.833. The third-order valence-electron chi connectivity index (χ3n) is 2.49. The van der Waals surface area contributed by atoms with E-state index in [0.717, 1.165) is 5.56 Å². The normalized spacial score (nSPS) is 9.67. The zero-order valence-electron chi connectivity index (χ0n) is 10.9. The number of nitrogens with one attached hydrogen (secondary N) is 1. The van der Waals surface area contributed by atoms with Crippen molar-refractivity contribution in [3.63, 3.8) is 0 Å². The standard InChI is InChI=1S/C13H17N3O2/c1-16(2)13(17)9-15-8-10-4-5-12(18-3)11(6-10)7-14/h4-6,15H,8-9H2,1-3H3. The molecule has 0 fully saturated rings. The first-order valence-corrected chi connectivity index (χ1v) is 5.56. The van der Waals surface area contributed by atoms with E-state index in [1.807, 2.05) is 6.07 Å². The fourth-order valence-electron chi connectivity index (χ4n) is 1.42. The van der Waals surface area contributed by atoms with Crippen LogP contribution in [-0.2, 0) is 11.3 Å². The summed E-state index contributed by atoms with van der Waals surface area (Å²) >= 11 is 0. The first-order chi connectivity index (χ1) is 8.58. The van der Waals surface area contributed by atoms with Crippen molar-refractivity contribution in [2.24, 2.45) is 0 Å². The van der Waals surface area contributed by atoms with Crippen LogP contribution in [-0.4, -0.2) is 38.6 Å². The van der Waals surface area contributed by atoms with Gasteiger partial charge < -0.3 is 15.0 Å². The second-order valence-electron chi connectivity index (χ2n) is 4.04. The molecule has 1 N–H and O–H groups in total. The molecular weight excluding hydrogens is 230 g/mol. The molecular formula is C13H17N3O2. The van der Waals surface area contributed by atoms with Gasteiger partial charge in [0.25, 0.3) is 0 Å². The SMILES string of the molecule is COc1ccc(CNCC(=O)N(C)C)cc1C#N. The van der Waals surface area contributed by atoms with Gasteiger partial charge in [-0.15, -0.1) is 0 Å². The van der Waals surface area contributed by atoms with E-state index in [-0.39, 0.29) is 12.5 Å². The minimum Gasteiger partial charge on any atom is -0.495 e. The Kier molecular flexibility index (Phi) is 5.15. The molecule has 0 saturated heterocycles. The number of hydrogen-bond donors (Lipinski definition) is 1. The van der Waals surface area contributed by atoms with Gasteiger partial charge in [-0.1, -0.05) is 6.07 Å². The van der Waals surface area contributed by atoms with Crippen molar-refractivity contribution in [2.45, 2.75) is 6.54 Å². The smallest absolute Gasteiger partial charge is 0.236 e. The van der Waals surface area contributed by atoms with Crippen LogP contribution in [0.3, 0.4) is 0 Å². The van der Waals surface area contributed by atoms with Crippen molar-refractivity contribution in [1.29, 1.82) is 5.26 Å². The highest BCUT2D eigenvalue weighted by molar-refractivity contribution is 5.77. The third kappa shape index (κ3) is 3.75. The van der Waals surface area contributed by atoms with Gasteiger partial charge >= 0.3 is 0 Å². The van der Waals surface area contributed by atoms with E-state index < -0.39 is 0 Å². The molecule has 5 heteroatoms. The van der Waals surface area contributed by atoms with Crippen LogP contribution >= 0.6 is 0 Å². The van der Waals surface area contributed by atoms with Crippen LogP contribution < -0.4 is 10.1 Å². The number of ether oxygens (including phenoxy) is 1. The zero-order valence-corrected chi connectivity index (χ0v) is 10.9. The van der Waals surface area contributed by atoms with Crippen LogP contribution in [0.15, 0.2) is 18.2 Å². The van der Waals surface area contributed by atoms with E-state index in [2.05, 4.69) is 11.4 Å². The van der Waals surface area contributed by atoms with E-state index >= 15 is 0 Å². The lowest BCUT2D eigenvalue weighted by atomic mass is 10.1. The van der Waals surface area contributed by atoms with Crippen LogP contribution in [0.4, 0.5) is 0 Å². The van der Waals surface area contributed by atoms with E-state index in [9.17, 15) is 4.79 Å². The fourth-order valence-corrected chi connectivity index (χ4v) is 1.42. The van der Waals surface area contributed by atoms with Crippen LogP contribution in [0, 0.1) is 11.3 Å². The Morgan fingerprint density at radius 1 is 1.50 bits per heavy atom. The highest BCUT2D eigenvalue weighted by Crippen LogP contribution is 2.18. The predicted octanol–water partition coefficient (Wildman–Crippen LogP) is 0.745. The molecule has 18 heavy (non-hydrogen) atoms. The number of hydrogen-bond acceptors (Lipinski definition) is 4. The van der Waals surface area contributed by atoms with Crippen LogP contribution in [0.25, 0.3) is 0 Å². The summed E-state index contributed by atoms with van der Waals surface area (Å²) in [6, 6.07) is 7.45. The maximum absolute atomic E-state index is 11.3. The third-order valence-corrected chi connectivity index (χ3v) is 2.49. The molecule has 5 nitrogen and oxygen atoms in total. The van der Waals surface area contributed by atoms with Gasteiger partial charge in [0.15, 0.2) is 0 Å². The fraction of sp³-hybridized carbons (Fsp3) is 0.385. The van der Waals surface area contributed by atoms with E-state index in [4.69, 9.17) is 10.00 Å². The second kappa shape index (κ2) is 6.62. The second-order valence-corrected chi connectivity index (χ2v) is 4.04. The van der Waals surface area contributed by atoms with Crippen molar-refractivity contribution in [1.82, 2.24) is 10.2 Å². The van der Waals surface area contributed by atoms with Gasteiger partial charge in [0, 0.05) is 20.6 Å². The molecule has 0 spiro atoms. The number of amides is 1.